The molecule has 1 aliphatic carbocycles. The zero-order valence-corrected chi connectivity index (χ0v) is 18.2. The number of carboxylic acids is 1. The zero-order chi connectivity index (χ0) is 20.7. The fourth-order valence-corrected chi connectivity index (χ4v) is 5.00. The number of aliphatic carboxylic acids is 1. The van der Waals surface area contributed by atoms with Crippen molar-refractivity contribution in [1.82, 2.24) is 4.90 Å². The van der Waals surface area contributed by atoms with E-state index in [1.165, 1.54) is 27.9 Å². The summed E-state index contributed by atoms with van der Waals surface area (Å²) >= 11 is 6.25. The molecule has 154 valence electrons. The second-order valence-electron chi connectivity index (χ2n) is 8.43. The number of halogens is 1. The number of carboxylic acid groups (broad SMARTS) is 1. The van der Waals surface area contributed by atoms with Crippen molar-refractivity contribution < 1.29 is 9.90 Å². The molecule has 0 amide bonds. The Morgan fingerprint density at radius 2 is 1.97 bits per heavy atom. The Kier molecular flexibility index (Phi) is 5.58. The molecule has 1 N–H and O–H groups in total. The van der Waals surface area contributed by atoms with Gasteiger partial charge in [0.25, 0.3) is 0 Å². The van der Waals surface area contributed by atoms with Crippen molar-refractivity contribution in [3.05, 3.63) is 63.2 Å². The average Bonchev–Trinajstić information content (AvgIpc) is 3.06. The predicted molar refractivity (Wildman–Crippen MR) is 118 cm³/mol. The molecule has 4 nitrogen and oxygen atoms in total. The lowest BCUT2D eigenvalue weighted by Crippen LogP contribution is -2.49. The standard InChI is InChI=1S/C24H29ClN2O2/c1-4-27(18-6-9-22(25)16(3)11-18)23-10-8-19-20(23)7-5-15(2)21(19)14-26-12-17(13-26)24(28)29/h5-7,9,11,17,23H,4,8,10,12-14H2,1-3H3,(H,28,29). The van der Waals surface area contributed by atoms with Crippen molar-refractivity contribution in [1.29, 1.82) is 0 Å². The minimum absolute atomic E-state index is 0.205. The third-order valence-corrected chi connectivity index (χ3v) is 7.03. The highest BCUT2D eigenvalue weighted by Crippen LogP contribution is 2.41. The maximum atomic E-state index is 11.1. The van der Waals surface area contributed by atoms with Crippen LogP contribution < -0.4 is 4.90 Å². The molecular formula is C24H29ClN2O2. The Balaban J connectivity index is 1.60. The van der Waals surface area contributed by atoms with Gasteiger partial charge in [-0.25, -0.2) is 0 Å². The van der Waals surface area contributed by atoms with E-state index in [9.17, 15) is 4.79 Å². The number of fused-ring (bicyclic) bond motifs is 1. The van der Waals surface area contributed by atoms with Crippen molar-refractivity contribution in [2.24, 2.45) is 5.92 Å². The maximum Gasteiger partial charge on any atom is 0.309 e. The van der Waals surface area contributed by atoms with Gasteiger partial charge in [-0.1, -0.05) is 23.7 Å². The first-order valence-electron chi connectivity index (χ1n) is 10.5. The van der Waals surface area contributed by atoms with Gasteiger partial charge in [-0.05, 0) is 79.6 Å². The normalized spacial score (nSPS) is 19.1. The molecule has 1 unspecified atom stereocenters. The van der Waals surface area contributed by atoms with E-state index in [0.29, 0.717) is 19.1 Å². The van der Waals surface area contributed by atoms with E-state index in [2.05, 4.69) is 54.8 Å². The van der Waals surface area contributed by atoms with Gasteiger partial charge in [0.05, 0.1) is 12.0 Å². The molecule has 1 aliphatic heterocycles. The molecule has 1 heterocycles. The number of hydrogen-bond acceptors (Lipinski definition) is 3. The summed E-state index contributed by atoms with van der Waals surface area (Å²) in [4.78, 5) is 15.9. The van der Waals surface area contributed by atoms with Gasteiger partial charge in [0.2, 0.25) is 0 Å². The van der Waals surface area contributed by atoms with Crippen molar-refractivity contribution in [3.63, 3.8) is 0 Å². The van der Waals surface area contributed by atoms with Crippen LogP contribution in [0, 0.1) is 19.8 Å². The van der Waals surface area contributed by atoms with Gasteiger partial charge in [-0.3, -0.25) is 9.69 Å². The van der Waals surface area contributed by atoms with E-state index in [-0.39, 0.29) is 5.92 Å². The number of nitrogens with zero attached hydrogens (tertiary/aromatic N) is 2. The van der Waals surface area contributed by atoms with Crippen molar-refractivity contribution in [3.8, 4) is 0 Å². The van der Waals surface area contributed by atoms with Crippen LogP contribution in [0.25, 0.3) is 0 Å². The molecule has 0 bridgehead atoms. The number of benzene rings is 2. The van der Waals surface area contributed by atoms with Crippen LogP contribution in [0.2, 0.25) is 5.02 Å². The van der Waals surface area contributed by atoms with Gasteiger partial charge in [-0.15, -0.1) is 0 Å². The molecule has 0 radical (unpaired) electrons. The third kappa shape index (κ3) is 3.76. The van der Waals surface area contributed by atoms with Crippen molar-refractivity contribution in [2.45, 2.75) is 46.2 Å². The van der Waals surface area contributed by atoms with E-state index in [4.69, 9.17) is 16.7 Å². The Morgan fingerprint density at radius 1 is 1.21 bits per heavy atom. The molecule has 2 aromatic rings. The van der Waals surface area contributed by atoms with Crippen LogP contribution in [0.15, 0.2) is 30.3 Å². The molecule has 4 rings (SSSR count). The first kappa shape index (κ1) is 20.2. The van der Waals surface area contributed by atoms with E-state index >= 15 is 0 Å². The Morgan fingerprint density at radius 3 is 2.62 bits per heavy atom. The van der Waals surface area contributed by atoms with Crippen LogP contribution in [-0.4, -0.2) is 35.6 Å². The SMILES string of the molecule is CCN(c1ccc(Cl)c(C)c1)C1CCc2c1ccc(C)c2CN1CC(C(=O)O)C1. The molecule has 0 spiro atoms. The van der Waals surface area contributed by atoms with Crippen molar-refractivity contribution >= 4 is 23.3 Å². The van der Waals surface area contributed by atoms with Crippen LogP contribution in [-0.2, 0) is 17.8 Å². The highest BCUT2D eigenvalue weighted by Gasteiger charge is 2.35. The van der Waals surface area contributed by atoms with Crippen LogP contribution in [0.4, 0.5) is 5.69 Å². The lowest BCUT2D eigenvalue weighted by molar-refractivity contribution is -0.147. The number of likely N-dealkylation sites (tertiary alicyclic amines) is 1. The van der Waals surface area contributed by atoms with E-state index in [1.54, 1.807) is 0 Å². The number of anilines is 1. The predicted octanol–water partition coefficient (Wildman–Crippen LogP) is 4.99. The third-order valence-electron chi connectivity index (χ3n) is 6.61. The average molecular weight is 413 g/mol. The summed E-state index contributed by atoms with van der Waals surface area (Å²) in [6, 6.07) is 11.2. The minimum atomic E-state index is -0.673. The quantitative estimate of drug-likeness (QED) is 0.726. The summed E-state index contributed by atoms with van der Waals surface area (Å²) in [5, 5.41) is 9.96. The van der Waals surface area contributed by atoms with Crippen LogP contribution in [0.1, 0.15) is 47.2 Å². The van der Waals surface area contributed by atoms with Gasteiger partial charge < -0.3 is 10.0 Å². The molecule has 5 heteroatoms. The molecule has 2 aromatic carbocycles. The van der Waals surface area contributed by atoms with Gasteiger partial charge in [0.1, 0.15) is 0 Å². The summed E-state index contributed by atoms with van der Waals surface area (Å²) in [7, 11) is 0. The number of rotatable bonds is 6. The Hall–Kier alpha value is -2.04. The molecule has 1 saturated heterocycles. The van der Waals surface area contributed by atoms with Gasteiger partial charge >= 0.3 is 5.97 Å². The second kappa shape index (κ2) is 8.00. The van der Waals surface area contributed by atoms with Crippen LogP contribution >= 0.6 is 11.6 Å². The Labute approximate surface area is 178 Å². The summed E-state index contributed by atoms with van der Waals surface area (Å²) < 4.78 is 0. The van der Waals surface area contributed by atoms with Gasteiger partial charge in [0, 0.05) is 36.9 Å². The van der Waals surface area contributed by atoms with E-state index in [0.717, 1.165) is 36.5 Å². The van der Waals surface area contributed by atoms with Crippen LogP contribution in [0.3, 0.4) is 0 Å². The Bertz CT molecular complexity index is 937. The van der Waals surface area contributed by atoms with E-state index in [1.807, 2.05) is 6.07 Å². The molecule has 2 aliphatic rings. The molecule has 0 aromatic heterocycles. The summed E-state index contributed by atoms with van der Waals surface area (Å²) in [5.74, 6) is -0.878. The monoisotopic (exact) mass is 412 g/mol. The minimum Gasteiger partial charge on any atom is -0.481 e. The molecule has 1 atom stereocenters. The number of hydrogen-bond donors (Lipinski definition) is 1. The smallest absolute Gasteiger partial charge is 0.309 e. The fraction of sp³-hybridized carbons (Fsp3) is 0.458. The zero-order valence-electron chi connectivity index (χ0n) is 17.4. The van der Waals surface area contributed by atoms with Crippen molar-refractivity contribution in [2.75, 3.05) is 24.5 Å². The molecular weight excluding hydrogens is 384 g/mol. The summed E-state index contributed by atoms with van der Waals surface area (Å²) in [6.45, 7) is 9.57. The number of carbonyl (C=O) groups is 1. The second-order valence-corrected chi connectivity index (χ2v) is 8.84. The maximum absolute atomic E-state index is 11.1. The summed E-state index contributed by atoms with van der Waals surface area (Å²) in [5.41, 5.74) is 7.94. The number of aryl methyl sites for hydroxylation is 2. The first-order chi connectivity index (χ1) is 13.9. The molecule has 1 fully saturated rings. The highest BCUT2D eigenvalue weighted by molar-refractivity contribution is 6.31. The van der Waals surface area contributed by atoms with Crippen LogP contribution in [0.5, 0.6) is 0 Å². The summed E-state index contributed by atoms with van der Waals surface area (Å²) in [6.07, 6.45) is 2.19. The lowest BCUT2D eigenvalue weighted by atomic mass is 9.93. The lowest BCUT2D eigenvalue weighted by Gasteiger charge is -2.37. The highest BCUT2D eigenvalue weighted by atomic mass is 35.5. The molecule has 29 heavy (non-hydrogen) atoms. The molecule has 0 saturated carbocycles. The van der Waals surface area contributed by atoms with Gasteiger partial charge in [-0.2, -0.15) is 0 Å². The fourth-order valence-electron chi connectivity index (χ4n) is 4.89. The first-order valence-corrected chi connectivity index (χ1v) is 10.9. The topological polar surface area (TPSA) is 43.8 Å². The van der Waals surface area contributed by atoms with E-state index < -0.39 is 5.97 Å². The van der Waals surface area contributed by atoms with Gasteiger partial charge in [0.15, 0.2) is 0 Å². The largest absolute Gasteiger partial charge is 0.481 e.